The number of amides is 3. The van der Waals surface area contributed by atoms with Gasteiger partial charge in [0.2, 0.25) is 12.7 Å². The van der Waals surface area contributed by atoms with Gasteiger partial charge >= 0.3 is 6.03 Å². The van der Waals surface area contributed by atoms with Crippen LogP contribution in [-0.4, -0.2) is 67.3 Å². The molecule has 2 fully saturated rings. The number of benzene rings is 1. The summed E-state index contributed by atoms with van der Waals surface area (Å²) >= 11 is 0. The van der Waals surface area contributed by atoms with Crippen LogP contribution in [0.2, 0.25) is 0 Å². The van der Waals surface area contributed by atoms with Crippen molar-refractivity contribution in [3.05, 3.63) is 18.2 Å². The van der Waals surface area contributed by atoms with Crippen LogP contribution in [0.15, 0.2) is 18.2 Å². The summed E-state index contributed by atoms with van der Waals surface area (Å²) in [5, 5.41) is 5.89. The molecule has 0 aromatic heterocycles. The Morgan fingerprint density at radius 1 is 1.23 bits per heavy atom. The maximum atomic E-state index is 12.8. The molecule has 1 spiro atoms. The van der Waals surface area contributed by atoms with Gasteiger partial charge in [-0.15, -0.1) is 0 Å². The molecule has 0 aliphatic carbocycles. The fourth-order valence-corrected chi connectivity index (χ4v) is 3.95. The minimum atomic E-state index is -0.149. The van der Waals surface area contributed by atoms with Crippen molar-refractivity contribution < 1.29 is 19.1 Å². The van der Waals surface area contributed by atoms with Gasteiger partial charge in [0.05, 0.1) is 0 Å². The quantitative estimate of drug-likeness (QED) is 0.787. The van der Waals surface area contributed by atoms with Crippen molar-refractivity contribution in [2.75, 3.05) is 45.3 Å². The monoisotopic (exact) mass is 360 g/mol. The van der Waals surface area contributed by atoms with Gasteiger partial charge in [-0.2, -0.15) is 0 Å². The predicted molar refractivity (Wildman–Crippen MR) is 95.4 cm³/mol. The van der Waals surface area contributed by atoms with Crippen LogP contribution in [-0.2, 0) is 4.79 Å². The number of nitrogens with zero attached hydrogens (tertiary/aromatic N) is 2. The second-order valence-electron chi connectivity index (χ2n) is 7.17. The molecule has 140 valence electrons. The second-order valence-corrected chi connectivity index (χ2v) is 7.17. The lowest BCUT2D eigenvalue weighted by atomic mass is 9.86. The van der Waals surface area contributed by atoms with Gasteiger partial charge in [-0.1, -0.05) is 0 Å². The lowest BCUT2D eigenvalue weighted by molar-refractivity contribution is -0.121. The maximum absolute atomic E-state index is 12.8. The molecule has 2 N–H and O–H groups in total. The van der Waals surface area contributed by atoms with Crippen LogP contribution >= 0.6 is 0 Å². The first-order valence-corrected chi connectivity index (χ1v) is 8.99. The number of nitrogens with one attached hydrogen (secondary N) is 2. The number of fused-ring (bicyclic) bond motifs is 1. The van der Waals surface area contributed by atoms with E-state index in [-0.39, 0.29) is 24.3 Å². The van der Waals surface area contributed by atoms with Crippen LogP contribution in [0.25, 0.3) is 0 Å². The first-order valence-electron chi connectivity index (χ1n) is 8.99. The van der Waals surface area contributed by atoms with Crippen LogP contribution in [0.5, 0.6) is 11.5 Å². The topological polar surface area (TPSA) is 83.1 Å². The zero-order valence-electron chi connectivity index (χ0n) is 14.9. The molecule has 0 radical (unpaired) electrons. The SMILES string of the molecule is CN1CCN(C(=O)Nc2ccc3c(c2)OCO3)CC12CCNC(=O)CC2. The van der Waals surface area contributed by atoms with Gasteiger partial charge in [0, 0.05) is 49.9 Å². The Hall–Kier alpha value is -2.48. The first-order chi connectivity index (χ1) is 12.6. The molecule has 8 nitrogen and oxygen atoms in total. The zero-order chi connectivity index (χ0) is 18.1. The van der Waals surface area contributed by atoms with Crippen molar-refractivity contribution >= 4 is 17.6 Å². The Bertz CT molecular complexity index is 725. The lowest BCUT2D eigenvalue weighted by Gasteiger charge is -2.49. The third-order valence-corrected chi connectivity index (χ3v) is 5.64. The predicted octanol–water partition coefficient (Wildman–Crippen LogP) is 1.23. The highest BCUT2D eigenvalue weighted by Crippen LogP contribution is 2.35. The number of likely N-dealkylation sites (N-methyl/N-ethyl adjacent to an activating group) is 1. The third kappa shape index (κ3) is 3.16. The molecular formula is C18H24N4O4. The van der Waals surface area contributed by atoms with Crippen molar-refractivity contribution in [2.45, 2.75) is 24.8 Å². The molecule has 1 atom stereocenters. The summed E-state index contributed by atoms with van der Waals surface area (Å²) in [7, 11) is 2.09. The highest BCUT2D eigenvalue weighted by molar-refractivity contribution is 5.90. The van der Waals surface area contributed by atoms with Gasteiger partial charge < -0.3 is 25.0 Å². The van der Waals surface area contributed by atoms with Crippen LogP contribution < -0.4 is 20.1 Å². The van der Waals surface area contributed by atoms with Crippen LogP contribution in [0, 0.1) is 0 Å². The average molecular weight is 360 g/mol. The van der Waals surface area contributed by atoms with Gasteiger partial charge in [-0.3, -0.25) is 9.69 Å². The summed E-state index contributed by atoms with van der Waals surface area (Å²) in [6.07, 6.45) is 2.12. The van der Waals surface area contributed by atoms with E-state index in [4.69, 9.17) is 9.47 Å². The third-order valence-electron chi connectivity index (χ3n) is 5.64. The minimum Gasteiger partial charge on any atom is -0.454 e. The normalized spacial score (nSPS) is 25.7. The van der Waals surface area contributed by atoms with E-state index < -0.39 is 0 Å². The van der Waals surface area contributed by atoms with E-state index in [1.807, 2.05) is 11.0 Å². The number of urea groups is 1. The number of anilines is 1. The molecular weight excluding hydrogens is 336 g/mol. The Morgan fingerprint density at radius 3 is 2.96 bits per heavy atom. The molecule has 26 heavy (non-hydrogen) atoms. The standard InChI is InChI=1S/C18H24N4O4/c1-21-8-9-22(11-18(21)5-4-16(23)19-7-6-18)17(24)20-13-2-3-14-15(10-13)26-12-25-14/h2-3,10H,4-9,11-12H2,1H3,(H,19,23)(H,20,24). The van der Waals surface area contributed by atoms with Gasteiger partial charge in [0.25, 0.3) is 0 Å². The molecule has 8 heteroatoms. The Balaban J connectivity index is 1.45. The second kappa shape index (κ2) is 6.68. The van der Waals surface area contributed by atoms with E-state index in [2.05, 4.69) is 22.6 Å². The number of carbonyl (C=O) groups is 2. The van der Waals surface area contributed by atoms with Gasteiger partial charge in [0.15, 0.2) is 11.5 Å². The Morgan fingerprint density at radius 2 is 2.08 bits per heavy atom. The summed E-state index contributed by atoms with van der Waals surface area (Å²) in [5.74, 6) is 1.43. The molecule has 1 unspecified atom stereocenters. The van der Waals surface area contributed by atoms with Crippen molar-refractivity contribution in [1.82, 2.24) is 15.1 Å². The van der Waals surface area contributed by atoms with Crippen molar-refractivity contribution in [1.29, 1.82) is 0 Å². The summed E-state index contributed by atoms with van der Waals surface area (Å²) in [6.45, 7) is 2.94. The van der Waals surface area contributed by atoms with Crippen LogP contribution in [0.4, 0.5) is 10.5 Å². The molecule has 4 rings (SSSR count). The summed E-state index contributed by atoms with van der Waals surface area (Å²) in [4.78, 5) is 28.7. The fourth-order valence-electron chi connectivity index (χ4n) is 3.95. The lowest BCUT2D eigenvalue weighted by Crippen LogP contribution is -2.62. The molecule has 0 bridgehead atoms. The molecule has 3 amide bonds. The zero-order valence-corrected chi connectivity index (χ0v) is 14.9. The number of piperazine rings is 1. The van der Waals surface area contributed by atoms with Gasteiger partial charge in [-0.25, -0.2) is 4.79 Å². The largest absolute Gasteiger partial charge is 0.454 e. The molecule has 1 aromatic carbocycles. The number of carbonyl (C=O) groups excluding carboxylic acids is 2. The molecule has 3 aliphatic heterocycles. The summed E-state index contributed by atoms with van der Waals surface area (Å²) < 4.78 is 10.7. The van der Waals surface area contributed by atoms with E-state index >= 15 is 0 Å². The first kappa shape index (κ1) is 17.0. The Kier molecular flexibility index (Phi) is 4.36. The van der Waals surface area contributed by atoms with Crippen molar-refractivity contribution in [3.8, 4) is 11.5 Å². The summed E-state index contributed by atoms with van der Waals surface area (Å²) in [6, 6.07) is 5.26. The highest BCUT2D eigenvalue weighted by atomic mass is 16.7. The number of ether oxygens (including phenoxy) is 2. The van der Waals surface area contributed by atoms with E-state index in [9.17, 15) is 9.59 Å². The van der Waals surface area contributed by atoms with E-state index in [0.717, 1.165) is 19.4 Å². The van der Waals surface area contributed by atoms with Crippen molar-refractivity contribution in [2.24, 2.45) is 0 Å². The smallest absolute Gasteiger partial charge is 0.321 e. The number of hydrogen-bond donors (Lipinski definition) is 2. The van der Waals surface area contributed by atoms with Gasteiger partial charge in [-0.05, 0) is 32.0 Å². The van der Waals surface area contributed by atoms with Crippen molar-refractivity contribution in [3.63, 3.8) is 0 Å². The van der Waals surface area contributed by atoms with E-state index in [1.54, 1.807) is 12.1 Å². The number of rotatable bonds is 1. The molecule has 3 heterocycles. The number of hydrogen-bond acceptors (Lipinski definition) is 5. The highest BCUT2D eigenvalue weighted by Gasteiger charge is 2.42. The maximum Gasteiger partial charge on any atom is 0.321 e. The minimum absolute atomic E-state index is 0.0946. The van der Waals surface area contributed by atoms with Crippen LogP contribution in [0.1, 0.15) is 19.3 Å². The van der Waals surface area contributed by atoms with Crippen LogP contribution in [0.3, 0.4) is 0 Å². The molecule has 1 aromatic rings. The Labute approximate surface area is 152 Å². The fraction of sp³-hybridized carbons (Fsp3) is 0.556. The average Bonchev–Trinajstić information content (AvgIpc) is 3.01. The molecule has 2 saturated heterocycles. The molecule has 3 aliphatic rings. The van der Waals surface area contributed by atoms with E-state index in [1.165, 1.54) is 0 Å². The summed E-state index contributed by atoms with van der Waals surface area (Å²) in [5.41, 5.74) is 0.536. The molecule has 0 saturated carbocycles. The van der Waals surface area contributed by atoms with E-state index in [0.29, 0.717) is 43.2 Å². The van der Waals surface area contributed by atoms with Gasteiger partial charge in [0.1, 0.15) is 0 Å².